The molecular weight excluding hydrogens is 179 g/mol. The molecule has 0 aliphatic heterocycles. The highest BCUT2D eigenvalue weighted by atomic mass is 31.2. The lowest BCUT2D eigenvalue weighted by atomic mass is 10.7. The van der Waals surface area contributed by atoms with Gasteiger partial charge < -0.3 is 0 Å². The Labute approximate surface area is 84.0 Å². The highest BCUT2D eigenvalue weighted by molar-refractivity contribution is 7.68. The number of rotatable bonds is 6. The molecule has 0 spiro atoms. The number of hydrogen-bond acceptors (Lipinski definition) is 2. The van der Waals surface area contributed by atoms with Gasteiger partial charge in [0.25, 0.3) is 0 Å². The quantitative estimate of drug-likeness (QED) is 0.614. The molecule has 0 saturated heterocycles. The van der Waals surface area contributed by atoms with Crippen molar-refractivity contribution in [3.8, 4) is 0 Å². The minimum atomic E-state index is -1.25. The molecule has 0 aromatic heterocycles. The van der Waals surface area contributed by atoms with Crippen molar-refractivity contribution in [1.29, 1.82) is 0 Å². The molecule has 0 aromatic rings. The summed E-state index contributed by atoms with van der Waals surface area (Å²) in [5, 5.41) is 0. The maximum absolute atomic E-state index is 4.42. The molecule has 13 heavy (non-hydrogen) atoms. The van der Waals surface area contributed by atoms with Gasteiger partial charge in [0.1, 0.15) is 0 Å². The van der Waals surface area contributed by atoms with Gasteiger partial charge in [0.15, 0.2) is 0 Å². The van der Waals surface area contributed by atoms with Crippen LogP contribution in [0.4, 0.5) is 0 Å². The van der Waals surface area contributed by atoms with E-state index in [0.29, 0.717) is 0 Å². The first-order valence-electron chi connectivity index (χ1n) is 5.26. The molecule has 0 aliphatic carbocycles. The Hall–Kier alpha value is 0.220. The van der Waals surface area contributed by atoms with E-state index in [9.17, 15) is 0 Å². The Bertz CT molecular complexity index is 156. The van der Waals surface area contributed by atoms with Gasteiger partial charge in [-0.1, -0.05) is 34.0 Å². The fourth-order valence-electron chi connectivity index (χ4n) is 1.84. The van der Waals surface area contributed by atoms with E-state index in [-0.39, 0.29) is 0 Å². The second kappa shape index (κ2) is 5.85. The van der Waals surface area contributed by atoms with Crippen LogP contribution in [0.25, 0.3) is 0 Å². The van der Waals surface area contributed by atoms with Crippen LogP contribution >= 0.6 is 7.19 Å². The van der Waals surface area contributed by atoms with E-state index in [1.165, 1.54) is 0 Å². The van der Waals surface area contributed by atoms with E-state index in [0.717, 1.165) is 26.2 Å². The van der Waals surface area contributed by atoms with Gasteiger partial charge in [-0.05, 0) is 6.66 Å². The number of hydrogen-bond donors (Lipinski definition) is 0. The van der Waals surface area contributed by atoms with Gasteiger partial charge in [0, 0.05) is 33.4 Å². The van der Waals surface area contributed by atoms with Crippen LogP contribution < -0.4 is 0 Å². The van der Waals surface area contributed by atoms with Gasteiger partial charge in [0.2, 0.25) is 0 Å². The smallest absolute Gasteiger partial charge is 0.00531 e. The molecule has 0 unspecified atom stereocenters. The Morgan fingerprint density at radius 2 is 1.08 bits per heavy atom. The summed E-state index contributed by atoms with van der Waals surface area (Å²) in [6.45, 7) is 15.6. The van der Waals surface area contributed by atoms with Crippen LogP contribution in [-0.2, 0) is 0 Å². The third-order valence-corrected chi connectivity index (χ3v) is 6.25. The van der Waals surface area contributed by atoms with Crippen molar-refractivity contribution >= 4 is 13.5 Å². The highest BCUT2D eigenvalue weighted by Gasteiger charge is 2.20. The summed E-state index contributed by atoms with van der Waals surface area (Å²) in [6.07, 6.45) is 4.42. The van der Waals surface area contributed by atoms with Crippen molar-refractivity contribution in [3.05, 3.63) is 0 Å². The molecular formula is C10H25N2P. The molecule has 0 atom stereocenters. The minimum Gasteiger partial charge on any atom is -0.273 e. The van der Waals surface area contributed by atoms with Crippen molar-refractivity contribution in [3.63, 3.8) is 0 Å². The average Bonchev–Trinajstić information content (AvgIpc) is 2.07. The fourth-order valence-corrected chi connectivity index (χ4v) is 4.64. The van der Waals surface area contributed by atoms with Crippen LogP contribution in [0.15, 0.2) is 0 Å². The van der Waals surface area contributed by atoms with E-state index in [1.807, 2.05) is 0 Å². The van der Waals surface area contributed by atoms with Crippen molar-refractivity contribution in [2.24, 2.45) is 0 Å². The Morgan fingerprint density at radius 3 is 1.23 bits per heavy atom. The molecule has 0 bridgehead atoms. The maximum atomic E-state index is 4.42. The molecule has 3 heteroatoms. The first-order valence-corrected chi connectivity index (χ1v) is 7.58. The standard InChI is InChI=1S/C10H25N2P/c1-7-11(8-2)13(5,6)12(9-3)10-4/h5,7-10H2,1-4,6H3. The molecule has 0 amide bonds. The predicted octanol–water partition coefficient (Wildman–Crippen LogP) is 2.58. The van der Waals surface area contributed by atoms with Gasteiger partial charge >= 0.3 is 0 Å². The molecule has 0 rings (SSSR count). The average molecular weight is 204 g/mol. The topological polar surface area (TPSA) is 6.48 Å². The zero-order chi connectivity index (χ0) is 10.5. The van der Waals surface area contributed by atoms with E-state index in [1.54, 1.807) is 0 Å². The van der Waals surface area contributed by atoms with Gasteiger partial charge in [-0.25, -0.2) is 0 Å². The zero-order valence-corrected chi connectivity index (χ0v) is 10.8. The fraction of sp³-hybridized carbons (Fsp3) is 0.900. The third-order valence-electron chi connectivity index (χ3n) is 2.68. The largest absolute Gasteiger partial charge is 0.273 e. The van der Waals surface area contributed by atoms with Crippen LogP contribution in [0.1, 0.15) is 27.7 Å². The molecule has 0 radical (unpaired) electrons. The summed E-state index contributed by atoms with van der Waals surface area (Å²) in [7, 11) is -1.25. The predicted molar refractivity (Wildman–Crippen MR) is 65.8 cm³/mol. The molecule has 0 aliphatic rings. The lowest BCUT2D eigenvalue weighted by Crippen LogP contribution is -2.31. The SMILES string of the molecule is C=P(C)(N(CC)CC)N(CC)CC. The van der Waals surface area contributed by atoms with E-state index >= 15 is 0 Å². The summed E-state index contributed by atoms with van der Waals surface area (Å²) >= 11 is 0. The lowest BCUT2D eigenvalue weighted by Gasteiger charge is -2.41. The normalized spacial score (nSPS) is 12.8. The van der Waals surface area contributed by atoms with Crippen LogP contribution in [0.2, 0.25) is 0 Å². The molecule has 0 N–H and O–H groups in total. The number of nitrogens with zero attached hydrogens (tertiary/aromatic N) is 2. The summed E-state index contributed by atoms with van der Waals surface area (Å²) < 4.78 is 5.00. The Morgan fingerprint density at radius 1 is 0.846 bits per heavy atom. The highest BCUT2D eigenvalue weighted by Crippen LogP contribution is 2.48. The van der Waals surface area contributed by atoms with Crippen molar-refractivity contribution in [1.82, 2.24) is 9.34 Å². The lowest BCUT2D eigenvalue weighted by molar-refractivity contribution is 0.423. The Kier molecular flexibility index (Phi) is 5.95. The molecule has 2 nitrogen and oxygen atoms in total. The maximum Gasteiger partial charge on any atom is 0.00531 e. The van der Waals surface area contributed by atoms with Crippen LogP contribution in [0, 0.1) is 0 Å². The molecule has 0 heterocycles. The molecule has 80 valence electrons. The first kappa shape index (κ1) is 13.2. The second-order valence-corrected chi connectivity index (χ2v) is 6.67. The summed E-state index contributed by atoms with van der Waals surface area (Å²) in [5.41, 5.74) is 0. The minimum absolute atomic E-state index is 1.11. The van der Waals surface area contributed by atoms with Crippen molar-refractivity contribution in [2.75, 3.05) is 32.8 Å². The summed E-state index contributed by atoms with van der Waals surface area (Å²) in [6, 6.07) is 0. The first-order chi connectivity index (χ1) is 6.04. The third kappa shape index (κ3) is 3.12. The van der Waals surface area contributed by atoms with E-state index in [4.69, 9.17) is 0 Å². The molecule has 0 aromatic carbocycles. The summed E-state index contributed by atoms with van der Waals surface area (Å²) in [5.74, 6) is 0. The Balaban J connectivity index is 4.59. The van der Waals surface area contributed by atoms with Crippen LogP contribution in [0.3, 0.4) is 0 Å². The van der Waals surface area contributed by atoms with Crippen molar-refractivity contribution < 1.29 is 0 Å². The van der Waals surface area contributed by atoms with E-state index < -0.39 is 7.19 Å². The monoisotopic (exact) mass is 204 g/mol. The molecule has 0 saturated carbocycles. The van der Waals surface area contributed by atoms with Gasteiger partial charge in [-0.15, -0.1) is 0 Å². The summed E-state index contributed by atoms with van der Waals surface area (Å²) in [4.78, 5) is 0. The van der Waals surface area contributed by atoms with Gasteiger partial charge in [0.05, 0.1) is 0 Å². The van der Waals surface area contributed by atoms with E-state index in [2.05, 4.69) is 50.0 Å². The van der Waals surface area contributed by atoms with Gasteiger partial charge in [-0.2, -0.15) is 0 Å². The van der Waals surface area contributed by atoms with Crippen LogP contribution in [-0.4, -0.2) is 48.5 Å². The second-order valence-electron chi connectivity index (χ2n) is 3.37. The van der Waals surface area contributed by atoms with Crippen LogP contribution in [0.5, 0.6) is 0 Å². The molecule has 0 fully saturated rings. The zero-order valence-electron chi connectivity index (χ0n) is 9.88. The van der Waals surface area contributed by atoms with Gasteiger partial charge in [-0.3, -0.25) is 9.34 Å². The van der Waals surface area contributed by atoms with Crippen molar-refractivity contribution in [2.45, 2.75) is 27.7 Å².